The fourth-order valence-electron chi connectivity index (χ4n) is 3.53. The summed E-state index contributed by atoms with van der Waals surface area (Å²) < 4.78 is 43.9. The molecule has 3 N–H and O–H groups in total. The first-order valence-electron chi connectivity index (χ1n) is 10.2. The summed E-state index contributed by atoms with van der Waals surface area (Å²) in [6.07, 6.45) is -2.32. The Hall–Kier alpha value is -3.11. The summed E-state index contributed by atoms with van der Waals surface area (Å²) in [5, 5.41) is 12.3. The van der Waals surface area contributed by atoms with E-state index in [1.54, 1.807) is 6.07 Å². The summed E-state index contributed by atoms with van der Waals surface area (Å²) >= 11 is 0. The number of amides is 2. The lowest BCUT2D eigenvalue weighted by molar-refractivity contribution is -0.137. The SMILES string of the molecule is CC(C)(C)NC(=O)OC1CCC(c2cc(NC(=O)Cc3cc(C(F)(F)F)ccn3)n[nH]2)C1. The van der Waals surface area contributed by atoms with Gasteiger partial charge in [-0.3, -0.25) is 14.9 Å². The Bertz CT molecular complexity index is 968. The normalized spacial score (nSPS) is 18.9. The molecule has 2 unspecified atom stereocenters. The van der Waals surface area contributed by atoms with E-state index in [2.05, 4.69) is 25.8 Å². The number of hydrogen-bond acceptors (Lipinski definition) is 5. The molecule has 3 rings (SSSR count). The number of ether oxygens (including phenoxy) is 1. The number of halogens is 3. The Labute approximate surface area is 183 Å². The van der Waals surface area contributed by atoms with Crippen molar-refractivity contribution in [1.82, 2.24) is 20.5 Å². The molecular weight excluding hydrogens is 427 g/mol. The Kier molecular flexibility index (Phi) is 6.75. The van der Waals surface area contributed by atoms with Crippen LogP contribution in [0.2, 0.25) is 0 Å². The monoisotopic (exact) mass is 453 g/mol. The van der Waals surface area contributed by atoms with E-state index in [9.17, 15) is 22.8 Å². The van der Waals surface area contributed by atoms with Crippen LogP contribution in [-0.4, -0.2) is 38.8 Å². The van der Waals surface area contributed by atoms with E-state index in [1.807, 2.05) is 20.8 Å². The largest absolute Gasteiger partial charge is 0.446 e. The minimum absolute atomic E-state index is 0.0115. The van der Waals surface area contributed by atoms with Gasteiger partial charge in [-0.15, -0.1) is 0 Å². The van der Waals surface area contributed by atoms with Crippen molar-refractivity contribution in [3.05, 3.63) is 41.3 Å². The molecule has 0 saturated heterocycles. The molecular formula is C21H26F3N5O3. The smallest absolute Gasteiger partial charge is 0.416 e. The lowest BCUT2D eigenvalue weighted by Crippen LogP contribution is -2.42. The molecule has 2 heterocycles. The molecule has 1 aliphatic carbocycles. The maximum atomic E-state index is 12.8. The van der Waals surface area contributed by atoms with Crippen LogP contribution in [0.15, 0.2) is 24.4 Å². The van der Waals surface area contributed by atoms with Gasteiger partial charge in [-0.1, -0.05) is 0 Å². The van der Waals surface area contributed by atoms with E-state index in [1.165, 1.54) is 0 Å². The van der Waals surface area contributed by atoms with Gasteiger partial charge in [-0.05, 0) is 52.2 Å². The molecule has 0 spiro atoms. The van der Waals surface area contributed by atoms with Gasteiger partial charge < -0.3 is 15.4 Å². The molecule has 0 radical (unpaired) electrons. The Morgan fingerprint density at radius 1 is 1.22 bits per heavy atom. The second-order valence-corrected chi connectivity index (χ2v) is 8.88. The first-order chi connectivity index (χ1) is 14.9. The van der Waals surface area contributed by atoms with Crippen LogP contribution in [0, 0.1) is 0 Å². The quantitative estimate of drug-likeness (QED) is 0.630. The summed E-state index contributed by atoms with van der Waals surface area (Å²) in [4.78, 5) is 28.0. The minimum Gasteiger partial charge on any atom is -0.446 e. The van der Waals surface area contributed by atoms with E-state index in [-0.39, 0.29) is 35.5 Å². The average molecular weight is 453 g/mol. The van der Waals surface area contributed by atoms with Crippen LogP contribution in [-0.2, 0) is 22.1 Å². The van der Waals surface area contributed by atoms with E-state index in [0.717, 1.165) is 30.4 Å². The molecule has 0 aliphatic heterocycles. The van der Waals surface area contributed by atoms with E-state index >= 15 is 0 Å². The topological polar surface area (TPSA) is 109 Å². The predicted molar refractivity (Wildman–Crippen MR) is 110 cm³/mol. The van der Waals surface area contributed by atoms with Crippen LogP contribution in [0.5, 0.6) is 0 Å². The number of carbonyl (C=O) groups excluding carboxylic acids is 2. The summed E-state index contributed by atoms with van der Waals surface area (Å²) in [6, 6.07) is 3.39. The van der Waals surface area contributed by atoms with Gasteiger partial charge in [0, 0.05) is 29.4 Å². The second-order valence-electron chi connectivity index (χ2n) is 8.88. The zero-order valence-corrected chi connectivity index (χ0v) is 18.0. The minimum atomic E-state index is -4.50. The van der Waals surface area contributed by atoms with Crippen LogP contribution in [0.3, 0.4) is 0 Å². The van der Waals surface area contributed by atoms with Gasteiger partial charge in [0.1, 0.15) is 6.10 Å². The van der Waals surface area contributed by atoms with Crippen molar-refractivity contribution in [3.8, 4) is 0 Å². The molecule has 8 nitrogen and oxygen atoms in total. The van der Waals surface area contributed by atoms with Crippen LogP contribution < -0.4 is 10.6 Å². The fourth-order valence-corrected chi connectivity index (χ4v) is 3.53. The summed E-state index contributed by atoms with van der Waals surface area (Å²) in [5.41, 5.74) is -0.432. The van der Waals surface area contributed by atoms with Gasteiger partial charge in [0.15, 0.2) is 5.82 Å². The molecule has 0 bridgehead atoms. The van der Waals surface area contributed by atoms with E-state index in [0.29, 0.717) is 12.8 Å². The number of rotatable bonds is 5. The molecule has 2 aromatic heterocycles. The Morgan fingerprint density at radius 3 is 2.66 bits per heavy atom. The standard InChI is InChI=1S/C21H26F3N5O3/c1-20(2,3)27-19(31)32-15-5-4-12(8-15)16-11-17(29-28-16)26-18(30)10-14-9-13(6-7-25-14)21(22,23)24/h6-7,9,11-12,15H,4-5,8,10H2,1-3H3,(H,27,31)(H2,26,28,29,30). The van der Waals surface area contributed by atoms with Gasteiger partial charge >= 0.3 is 12.3 Å². The zero-order valence-electron chi connectivity index (χ0n) is 18.0. The highest BCUT2D eigenvalue weighted by atomic mass is 19.4. The maximum Gasteiger partial charge on any atom is 0.416 e. The van der Waals surface area contributed by atoms with E-state index < -0.39 is 23.7 Å². The highest BCUT2D eigenvalue weighted by Crippen LogP contribution is 2.36. The summed E-state index contributed by atoms with van der Waals surface area (Å²) in [6.45, 7) is 5.61. The van der Waals surface area contributed by atoms with E-state index in [4.69, 9.17) is 4.74 Å². The van der Waals surface area contributed by atoms with Crippen LogP contribution in [0.25, 0.3) is 0 Å². The van der Waals surface area contributed by atoms with Gasteiger partial charge in [0.05, 0.1) is 17.7 Å². The second kappa shape index (κ2) is 9.17. The fraction of sp³-hybridized carbons (Fsp3) is 0.524. The van der Waals surface area contributed by atoms with Crippen molar-refractivity contribution in [2.24, 2.45) is 0 Å². The number of hydrogen-bond donors (Lipinski definition) is 3. The third kappa shape index (κ3) is 6.69. The number of alkyl carbamates (subject to hydrolysis) is 1. The number of aromatic nitrogens is 3. The molecule has 2 amide bonds. The van der Waals surface area contributed by atoms with Gasteiger partial charge in [0.25, 0.3) is 0 Å². The van der Waals surface area contributed by atoms with Crippen molar-refractivity contribution < 1.29 is 27.5 Å². The number of anilines is 1. The van der Waals surface area contributed by atoms with Crippen LogP contribution in [0.4, 0.5) is 23.8 Å². The lowest BCUT2D eigenvalue weighted by Gasteiger charge is -2.22. The molecule has 174 valence electrons. The van der Waals surface area contributed by atoms with Gasteiger partial charge in [0.2, 0.25) is 5.91 Å². The number of carbonyl (C=O) groups is 2. The number of nitrogens with zero attached hydrogens (tertiary/aromatic N) is 2. The summed E-state index contributed by atoms with van der Waals surface area (Å²) in [5.74, 6) is -0.168. The lowest BCUT2D eigenvalue weighted by atomic mass is 10.0. The molecule has 11 heteroatoms. The molecule has 32 heavy (non-hydrogen) atoms. The van der Waals surface area contributed by atoms with Crippen molar-refractivity contribution in [1.29, 1.82) is 0 Å². The van der Waals surface area contributed by atoms with Crippen molar-refractivity contribution in [3.63, 3.8) is 0 Å². The van der Waals surface area contributed by atoms with Crippen LogP contribution >= 0.6 is 0 Å². The van der Waals surface area contributed by atoms with Gasteiger partial charge in [-0.25, -0.2) is 4.79 Å². The number of pyridine rings is 1. The number of alkyl halides is 3. The maximum absolute atomic E-state index is 12.8. The molecule has 1 saturated carbocycles. The van der Waals surface area contributed by atoms with Gasteiger partial charge in [-0.2, -0.15) is 18.3 Å². The Morgan fingerprint density at radius 2 is 1.97 bits per heavy atom. The Balaban J connectivity index is 1.52. The molecule has 2 atom stereocenters. The third-order valence-electron chi connectivity index (χ3n) is 4.93. The zero-order chi connectivity index (χ0) is 23.5. The van der Waals surface area contributed by atoms with Crippen LogP contribution in [0.1, 0.15) is 62.9 Å². The highest BCUT2D eigenvalue weighted by Gasteiger charge is 2.32. The molecule has 1 aliphatic rings. The molecule has 1 fully saturated rings. The van der Waals surface area contributed by atoms with Crippen molar-refractivity contribution in [2.75, 3.05) is 5.32 Å². The molecule has 2 aromatic rings. The van der Waals surface area contributed by atoms with Crippen molar-refractivity contribution in [2.45, 2.75) is 70.2 Å². The first-order valence-corrected chi connectivity index (χ1v) is 10.2. The number of H-pyrrole nitrogens is 1. The molecule has 0 aromatic carbocycles. The van der Waals surface area contributed by atoms with Crippen molar-refractivity contribution >= 4 is 17.8 Å². The number of aromatic amines is 1. The highest BCUT2D eigenvalue weighted by molar-refractivity contribution is 5.91. The average Bonchev–Trinajstić information content (AvgIpc) is 3.29. The number of nitrogens with one attached hydrogen (secondary N) is 3. The summed E-state index contributed by atoms with van der Waals surface area (Å²) in [7, 11) is 0. The predicted octanol–water partition coefficient (Wildman–Crippen LogP) is 4.17. The first kappa shape index (κ1) is 23.6. The third-order valence-corrected chi connectivity index (χ3v) is 4.93.